The standard InChI is InChI=1S/C18H17ClN2O2S.C6H4/c1-3-15-12-21(16-8-6-14(19)7-9-16)18(20-15)13-4-10-17(11-5-13)24(2,22)23;1-2-6-4-3-5(1)6/h4-12H,3H2,1-2H3;1-4H. The van der Waals surface area contributed by atoms with Gasteiger partial charge in [-0.2, -0.15) is 0 Å². The van der Waals surface area contributed by atoms with E-state index in [2.05, 4.69) is 29.2 Å². The molecule has 152 valence electrons. The summed E-state index contributed by atoms with van der Waals surface area (Å²) in [6, 6.07) is 22.8. The number of rotatable bonds is 4. The first-order chi connectivity index (χ1) is 14.3. The van der Waals surface area contributed by atoms with E-state index in [0.29, 0.717) is 9.92 Å². The first-order valence-corrected chi connectivity index (χ1v) is 11.9. The van der Waals surface area contributed by atoms with Gasteiger partial charge in [0.15, 0.2) is 9.84 Å². The molecule has 4 nitrogen and oxygen atoms in total. The molecule has 0 fully saturated rings. The van der Waals surface area contributed by atoms with Crippen LogP contribution >= 0.6 is 11.6 Å². The van der Waals surface area contributed by atoms with Crippen LogP contribution in [-0.4, -0.2) is 24.2 Å². The third kappa shape index (κ3) is 4.18. The van der Waals surface area contributed by atoms with Gasteiger partial charge >= 0.3 is 0 Å². The van der Waals surface area contributed by atoms with Gasteiger partial charge in [0.05, 0.1) is 10.6 Å². The number of fused-ring (bicyclic) bond motifs is 1. The lowest BCUT2D eigenvalue weighted by molar-refractivity contribution is 0.602. The fraction of sp³-hybridized carbons (Fsp3) is 0.125. The topological polar surface area (TPSA) is 52.0 Å². The lowest BCUT2D eigenvalue weighted by atomic mass is 9.95. The SMILES string of the molecule is CCc1cn(-c2ccc(Cl)cc2)c(-c2ccc(S(C)(=O)=O)cc2)n1.c1cc2ccc1-2. The predicted octanol–water partition coefficient (Wildman–Crippen LogP) is 5.83. The Bertz CT molecular complexity index is 1250. The van der Waals surface area contributed by atoms with Crippen LogP contribution in [0, 0.1) is 0 Å². The maximum Gasteiger partial charge on any atom is 0.175 e. The van der Waals surface area contributed by atoms with Gasteiger partial charge in [0, 0.05) is 28.7 Å². The van der Waals surface area contributed by atoms with Crippen LogP contribution in [0.3, 0.4) is 0 Å². The molecule has 0 atom stereocenters. The van der Waals surface area contributed by atoms with Crippen molar-refractivity contribution >= 4 is 21.4 Å². The van der Waals surface area contributed by atoms with E-state index in [1.165, 1.54) is 17.4 Å². The first-order valence-electron chi connectivity index (χ1n) is 9.60. The van der Waals surface area contributed by atoms with Crippen LogP contribution < -0.4 is 0 Å². The Hall–Kier alpha value is -2.89. The molecule has 1 heterocycles. The molecule has 0 amide bonds. The second-order valence-corrected chi connectivity index (χ2v) is 9.58. The Labute approximate surface area is 181 Å². The zero-order chi connectivity index (χ0) is 21.3. The van der Waals surface area contributed by atoms with Crippen LogP contribution in [0.2, 0.25) is 5.02 Å². The number of nitrogens with zero attached hydrogens (tertiary/aromatic N) is 2. The number of benzene rings is 3. The average molecular weight is 437 g/mol. The first kappa shape index (κ1) is 20.4. The predicted molar refractivity (Wildman–Crippen MR) is 122 cm³/mol. The number of imidazole rings is 1. The zero-order valence-electron chi connectivity index (χ0n) is 16.7. The summed E-state index contributed by atoms with van der Waals surface area (Å²) in [5.74, 6) is 0.772. The molecular weight excluding hydrogens is 416 g/mol. The highest BCUT2D eigenvalue weighted by Crippen LogP contribution is 2.29. The van der Waals surface area contributed by atoms with Gasteiger partial charge < -0.3 is 0 Å². The molecule has 30 heavy (non-hydrogen) atoms. The number of aromatic nitrogens is 2. The lowest BCUT2D eigenvalue weighted by Crippen LogP contribution is -1.98. The van der Waals surface area contributed by atoms with Gasteiger partial charge in [0.2, 0.25) is 0 Å². The largest absolute Gasteiger partial charge is 0.300 e. The van der Waals surface area contributed by atoms with Crippen molar-refractivity contribution in [2.24, 2.45) is 0 Å². The van der Waals surface area contributed by atoms with Gasteiger partial charge in [-0.1, -0.05) is 42.8 Å². The molecular formula is C24H21ClN2O2S. The summed E-state index contributed by atoms with van der Waals surface area (Å²) >= 11 is 5.97. The van der Waals surface area contributed by atoms with E-state index >= 15 is 0 Å². The summed E-state index contributed by atoms with van der Waals surface area (Å²) in [4.78, 5) is 4.97. The lowest BCUT2D eigenvalue weighted by Gasteiger charge is -2.10. The summed E-state index contributed by atoms with van der Waals surface area (Å²) in [6.07, 6.45) is 4.00. The van der Waals surface area contributed by atoms with E-state index in [4.69, 9.17) is 11.6 Å². The van der Waals surface area contributed by atoms with Gasteiger partial charge in [0.1, 0.15) is 5.82 Å². The third-order valence-corrected chi connectivity index (χ3v) is 6.36. The van der Waals surface area contributed by atoms with Crippen molar-refractivity contribution in [2.75, 3.05) is 6.26 Å². The molecule has 0 saturated carbocycles. The fourth-order valence-electron chi connectivity index (χ4n) is 3.12. The number of hydrogen-bond acceptors (Lipinski definition) is 3. The summed E-state index contributed by atoms with van der Waals surface area (Å²) < 4.78 is 25.2. The normalized spacial score (nSPS) is 11.6. The van der Waals surface area contributed by atoms with E-state index in [1.807, 2.05) is 42.0 Å². The molecule has 3 aromatic rings. The molecule has 0 spiro atoms. The second-order valence-electron chi connectivity index (χ2n) is 7.13. The molecule has 6 heteroatoms. The Morgan fingerprint density at radius 3 is 1.80 bits per heavy atom. The van der Waals surface area contributed by atoms with E-state index in [9.17, 15) is 8.42 Å². The molecule has 2 aliphatic rings. The van der Waals surface area contributed by atoms with Crippen LogP contribution in [0.5, 0.6) is 0 Å². The van der Waals surface area contributed by atoms with Crippen molar-refractivity contribution in [3.8, 4) is 28.2 Å². The van der Waals surface area contributed by atoms with Crippen molar-refractivity contribution < 1.29 is 8.42 Å². The van der Waals surface area contributed by atoms with Crippen molar-refractivity contribution in [1.82, 2.24) is 9.55 Å². The van der Waals surface area contributed by atoms with Crippen LogP contribution in [0.25, 0.3) is 28.2 Å². The molecule has 0 N–H and O–H groups in total. The summed E-state index contributed by atoms with van der Waals surface area (Å²) in [7, 11) is -3.21. The molecule has 0 unspecified atom stereocenters. The molecule has 2 aromatic carbocycles. The Morgan fingerprint density at radius 1 is 0.833 bits per heavy atom. The quantitative estimate of drug-likeness (QED) is 0.356. The highest BCUT2D eigenvalue weighted by atomic mass is 35.5. The van der Waals surface area contributed by atoms with Gasteiger partial charge in [-0.15, -0.1) is 0 Å². The van der Waals surface area contributed by atoms with E-state index in [-0.39, 0.29) is 0 Å². The molecule has 0 radical (unpaired) electrons. The highest BCUT2D eigenvalue weighted by Gasteiger charge is 2.13. The molecule has 1 aromatic heterocycles. The van der Waals surface area contributed by atoms with E-state index in [0.717, 1.165) is 29.2 Å². The number of hydrogen-bond donors (Lipinski definition) is 0. The van der Waals surface area contributed by atoms with Crippen molar-refractivity contribution in [3.63, 3.8) is 0 Å². The Kier molecular flexibility index (Phi) is 5.50. The Balaban J connectivity index is 0.000000305. The highest BCUT2D eigenvalue weighted by molar-refractivity contribution is 7.90. The van der Waals surface area contributed by atoms with Gasteiger partial charge in [0.25, 0.3) is 0 Å². The fourth-order valence-corrected chi connectivity index (χ4v) is 3.87. The second kappa shape index (κ2) is 8.09. The van der Waals surface area contributed by atoms with Crippen LogP contribution in [0.4, 0.5) is 0 Å². The van der Waals surface area contributed by atoms with Gasteiger partial charge in [-0.3, -0.25) is 4.57 Å². The summed E-state index contributed by atoms with van der Waals surface area (Å²) in [5.41, 5.74) is 5.63. The maximum atomic E-state index is 11.6. The number of sulfone groups is 1. The number of halogens is 1. The van der Waals surface area contributed by atoms with Crippen molar-refractivity contribution in [2.45, 2.75) is 18.2 Å². The maximum absolute atomic E-state index is 11.6. The minimum absolute atomic E-state index is 0.298. The van der Waals surface area contributed by atoms with Crippen molar-refractivity contribution in [1.29, 1.82) is 0 Å². The summed E-state index contributed by atoms with van der Waals surface area (Å²) in [6.45, 7) is 2.05. The number of aryl methyl sites for hydroxylation is 1. The monoisotopic (exact) mass is 436 g/mol. The molecule has 0 aliphatic heterocycles. The average Bonchev–Trinajstić information content (AvgIpc) is 3.16. The van der Waals surface area contributed by atoms with Crippen LogP contribution in [0.1, 0.15) is 12.6 Å². The van der Waals surface area contributed by atoms with E-state index < -0.39 is 9.84 Å². The third-order valence-electron chi connectivity index (χ3n) is 4.98. The summed E-state index contributed by atoms with van der Waals surface area (Å²) in [5, 5.41) is 0.675. The molecule has 0 bridgehead atoms. The molecule has 0 saturated heterocycles. The van der Waals surface area contributed by atoms with Gasteiger partial charge in [-0.25, -0.2) is 13.4 Å². The minimum Gasteiger partial charge on any atom is -0.300 e. The van der Waals surface area contributed by atoms with E-state index in [1.54, 1.807) is 24.3 Å². The molecule has 5 rings (SSSR count). The minimum atomic E-state index is -3.21. The molecule has 2 aliphatic carbocycles. The van der Waals surface area contributed by atoms with Gasteiger partial charge in [-0.05, 0) is 66.1 Å². The Morgan fingerprint density at radius 2 is 1.37 bits per heavy atom. The van der Waals surface area contributed by atoms with Crippen LogP contribution in [0.15, 0.2) is 83.9 Å². The van der Waals surface area contributed by atoms with Crippen molar-refractivity contribution in [3.05, 3.63) is 89.7 Å². The zero-order valence-corrected chi connectivity index (χ0v) is 18.3. The van der Waals surface area contributed by atoms with Crippen LogP contribution in [-0.2, 0) is 16.3 Å². The smallest absolute Gasteiger partial charge is 0.175 e.